The summed E-state index contributed by atoms with van der Waals surface area (Å²) < 4.78 is 7.31. The van der Waals surface area contributed by atoms with Gasteiger partial charge < -0.3 is 10.1 Å². The third kappa shape index (κ3) is 7.21. The number of hydrogen-bond donors (Lipinski definition) is 1. The van der Waals surface area contributed by atoms with Crippen LogP contribution in [0, 0.1) is 6.92 Å². The summed E-state index contributed by atoms with van der Waals surface area (Å²) in [5.41, 5.74) is 4.63. The number of carbonyl (C=O) groups excluding carboxylic acids is 1. The molecule has 0 aliphatic carbocycles. The number of carbonyl (C=O) groups is 1. The van der Waals surface area contributed by atoms with Gasteiger partial charge in [0.2, 0.25) is 5.91 Å². The summed E-state index contributed by atoms with van der Waals surface area (Å²) in [6.07, 6.45) is 2.91. The number of thioether (sulfide) groups is 1. The first-order valence-corrected chi connectivity index (χ1v) is 13.2. The van der Waals surface area contributed by atoms with Gasteiger partial charge in [0.05, 0.1) is 7.11 Å². The van der Waals surface area contributed by atoms with E-state index in [4.69, 9.17) is 4.74 Å². The van der Waals surface area contributed by atoms with E-state index >= 15 is 0 Å². The van der Waals surface area contributed by atoms with Gasteiger partial charge in [-0.1, -0.05) is 71.9 Å². The number of aromatic nitrogens is 3. The number of methoxy groups -OCH3 is 1. The molecule has 1 heterocycles. The van der Waals surface area contributed by atoms with Crippen molar-refractivity contribution in [3.8, 4) is 11.4 Å². The van der Waals surface area contributed by atoms with Crippen molar-refractivity contribution in [3.05, 3.63) is 101 Å². The Morgan fingerprint density at radius 3 is 2.36 bits per heavy atom. The van der Waals surface area contributed by atoms with Crippen LogP contribution in [0.3, 0.4) is 0 Å². The molecule has 7 heteroatoms. The van der Waals surface area contributed by atoms with Crippen LogP contribution >= 0.6 is 11.8 Å². The molecule has 4 rings (SSSR count). The lowest BCUT2D eigenvalue weighted by Crippen LogP contribution is -2.22. The molecule has 0 fully saturated rings. The predicted octanol–water partition coefficient (Wildman–Crippen LogP) is 5.91. The van der Waals surface area contributed by atoms with Crippen molar-refractivity contribution in [2.75, 3.05) is 7.11 Å². The lowest BCUT2D eigenvalue weighted by molar-refractivity contribution is -0.121. The SMILES string of the molecule is COc1ccc(CNC(=O)CCCCc2nnc(SCc3ccc(C)cc3)n2-c2ccccc2)cc1. The summed E-state index contributed by atoms with van der Waals surface area (Å²) >= 11 is 1.69. The van der Waals surface area contributed by atoms with Crippen LogP contribution < -0.4 is 10.1 Å². The summed E-state index contributed by atoms with van der Waals surface area (Å²) in [5.74, 6) is 2.63. The second kappa shape index (κ2) is 12.9. The molecule has 1 amide bonds. The molecule has 0 bridgehead atoms. The number of ether oxygens (including phenoxy) is 1. The number of amides is 1. The van der Waals surface area contributed by atoms with Crippen molar-refractivity contribution < 1.29 is 9.53 Å². The fraction of sp³-hybridized carbons (Fsp3) is 0.276. The minimum absolute atomic E-state index is 0.0599. The summed E-state index contributed by atoms with van der Waals surface area (Å²) in [6.45, 7) is 2.62. The highest BCUT2D eigenvalue weighted by Crippen LogP contribution is 2.26. The number of para-hydroxylation sites is 1. The van der Waals surface area contributed by atoms with Gasteiger partial charge in [-0.2, -0.15) is 0 Å². The van der Waals surface area contributed by atoms with Gasteiger partial charge in [-0.15, -0.1) is 10.2 Å². The lowest BCUT2D eigenvalue weighted by Gasteiger charge is -2.10. The summed E-state index contributed by atoms with van der Waals surface area (Å²) in [4.78, 5) is 12.3. The van der Waals surface area contributed by atoms with Crippen molar-refractivity contribution in [3.63, 3.8) is 0 Å². The smallest absolute Gasteiger partial charge is 0.220 e. The Balaban J connectivity index is 1.30. The number of rotatable bonds is 12. The molecule has 186 valence electrons. The van der Waals surface area contributed by atoms with Crippen LogP contribution in [0.25, 0.3) is 5.69 Å². The highest BCUT2D eigenvalue weighted by Gasteiger charge is 2.15. The van der Waals surface area contributed by atoms with E-state index in [0.717, 1.165) is 53.0 Å². The van der Waals surface area contributed by atoms with Gasteiger partial charge in [0, 0.05) is 30.8 Å². The van der Waals surface area contributed by atoms with Crippen LogP contribution in [0.4, 0.5) is 0 Å². The van der Waals surface area contributed by atoms with Crippen molar-refractivity contribution in [1.82, 2.24) is 20.1 Å². The van der Waals surface area contributed by atoms with Crippen LogP contribution in [0.5, 0.6) is 5.75 Å². The zero-order valence-corrected chi connectivity index (χ0v) is 21.6. The van der Waals surface area contributed by atoms with Gasteiger partial charge in [-0.3, -0.25) is 9.36 Å². The second-order valence-electron chi connectivity index (χ2n) is 8.68. The molecule has 0 saturated carbocycles. The summed E-state index contributed by atoms with van der Waals surface area (Å²) in [5, 5.41) is 12.9. The molecule has 4 aromatic rings. The van der Waals surface area contributed by atoms with Gasteiger partial charge in [-0.05, 0) is 55.2 Å². The number of hydrogen-bond acceptors (Lipinski definition) is 5. The Morgan fingerprint density at radius 1 is 0.917 bits per heavy atom. The Kier molecular flexibility index (Phi) is 9.16. The summed E-state index contributed by atoms with van der Waals surface area (Å²) in [6, 6.07) is 26.5. The topological polar surface area (TPSA) is 69.0 Å². The monoisotopic (exact) mass is 500 g/mol. The highest BCUT2D eigenvalue weighted by atomic mass is 32.2. The maximum atomic E-state index is 12.3. The van der Waals surface area contributed by atoms with Crippen molar-refractivity contribution in [2.45, 2.75) is 50.1 Å². The molecular weight excluding hydrogens is 468 g/mol. The molecule has 0 radical (unpaired) electrons. The van der Waals surface area contributed by atoms with E-state index in [9.17, 15) is 4.79 Å². The van der Waals surface area contributed by atoms with Crippen LogP contribution in [0.15, 0.2) is 84.0 Å². The average molecular weight is 501 g/mol. The van der Waals surface area contributed by atoms with E-state index in [0.29, 0.717) is 13.0 Å². The number of nitrogens with one attached hydrogen (secondary N) is 1. The molecule has 0 spiro atoms. The zero-order chi connectivity index (χ0) is 25.2. The number of aryl methyl sites for hydroxylation is 2. The largest absolute Gasteiger partial charge is 0.497 e. The lowest BCUT2D eigenvalue weighted by atomic mass is 10.1. The maximum Gasteiger partial charge on any atom is 0.220 e. The highest BCUT2D eigenvalue weighted by molar-refractivity contribution is 7.98. The molecule has 0 unspecified atom stereocenters. The second-order valence-corrected chi connectivity index (χ2v) is 9.62. The third-order valence-electron chi connectivity index (χ3n) is 5.91. The molecule has 3 aromatic carbocycles. The van der Waals surface area contributed by atoms with Crippen LogP contribution in [-0.2, 0) is 23.5 Å². The minimum Gasteiger partial charge on any atom is -0.497 e. The molecular formula is C29H32N4O2S. The van der Waals surface area contributed by atoms with Crippen molar-refractivity contribution >= 4 is 17.7 Å². The van der Waals surface area contributed by atoms with Crippen LogP contribution in [0.1, 0.15) is 41.8 Å². The van der Waals surface area contributed by atoms with Gasteiger partial charge in [0.15, 0.2) is 5.16 Å². The van der Waals surface area contributed by atoms with Gasteiger partial charge >= 0.3 is 0 Å². The molecule has 1 N–H and O–H groups in total. The Bertz CT molecular complexity index is 1240. The summed E-state index contributed by atoms with van der Waals surface area (Å²) in [7, 11) is 1.64. The first-order chi connectivity index (χ1) is 17.6. The fourth-order valence-electron chi connectivity index (χ4n) is 3.83. The maximum absolute atomic E-state index is 12.3. The van der Waals surface area contributed by atoms with Crippen molar-refractivity contribution in [1.29, 1.82) is 0 Å². The first-order valence-electron chi connectivity index (χ1n) is 12.2. The van der Waals surface area contributed by atoms with Crippen LogP contribution in [0.2, 0.25) is 0 Å². The zero-order valence-electron chi connectivity index (χ0n) is 20.8. The van der Waals surface area contributed by atoms with E-state index in [1.165, 1.54) is 11.1 Å². The van der Waals surface area contributed by atoms with E-state index in [-0.39, 0.29) is 5.91 Å². The molecule has 36 heavy (non-hydrogen) atoms. The van der Waals surface area contributed by atoms with Crippen molar-refractivity contribution in [2.24, 2.45) is 0 Å². The van der Waals surface area contributed by atoms with Crippen LogP contribution in [-0.4, -0.2) is 27.8 Å². The Hall–Kier alpha value is -3.58. The van der Waals surface area contributed by atoms with E-state index in [1.54, 1.807) is 18.9 Å². The van der Waals surface area contributed by atoms with Gasteiger partial charge in [0.25, 0.3) is 0 Å². The van der Waals surface area contributed by atoms with E-state index in [2.05, 4.69) is 63.4 Å². The molecule has 0 atom stereocenters. The number of benzene rings is 3. The predicted molar refractivity (Wildman–Crippen MR) is 144 cm³/mol. The molecule has 0 aliphatic rings. The minimum atomic E-state index is 0.0599. The number of nitrogens with zero attached hydrogens (tertiary/aromatic N) is 3. The molecule has 0 saturated heterocycles. The number of unbranched alkanes of at least 4 members (excludes halogenated alkanes) is 1. The van der Waals surface area contributed by atoms with Gasteiger partial charge in [0.1, 0.15) is 11.6 Å². The fourth-order valence-corrected chi connectivity index (χ4v) is 4.75. The quantitative estimate of drug-likeness (QED) is 0.194. The van der Waals surface area contributed by atoms with E-state index in [1.807, 2.05) is 42.5 Å². The molecule has 0 aliphatic heterocycles. The van der Waals surface area contributed by atoms with E-state index < -0.39 is 0 Å². The molecule has 6 nitrogen and oxygen atoms in total. The Morgan fingerprint density at radius 2 is 1.64 bits per heavy atom. The normalized spacial score (nSPS) is 10.8. The standard InChI is InChI=1S/C29H32N4O2S/c1-22-12-14-24(15-13-22)21-36-29-32-31-27(33(29)25-8-4-3-5-9-25)10-6-7-11-28(34)30-20-23-16-18-26(35-2)19-17-23/h3-5,8-9,12-19H,6-7,10-11,20-21H2,1-2H3,(H,30,34). The third-order valence-corrected chi connectivity index (χ3v) is 6.91. The average Bonchev–Trinajstić information content (AvgIpc) is 3.33. The Labute approximate surface area is 217 Å². The first kappa shape index (κ1) is 25.5. The van der Waals surface area contributed by atoms with Gasteiger partial charge in [-0.25, -0.2) is 0 Å². The molecule has 1 aromatic heterocycles.